The van der Waals surface area contributed by atoms with Crippen molar-refractivity contribution in [2.75, 3.05) is 0 Å². The summed E-state index contributed by atoms with van der Waals surface area (Å²) in [6.07, 6.45) is 0.960. The van der Waals surface area contributed by atoms with Crippen LogP contribution in [0.15, 0.2) is 24.4 Å². The summed E-state index contributed by atoms with van der Waals surface area (Å²) in [5.41, 5.74) is 0.478. The summed E-state index contributed by atoms with van der Waals surface area (Å²) in [5.74, 6) is -0.416. The molecule has 2 rings (SSSR count). The number of carbonyl (C=O) groups excluding carboxylic acids is 1. The molecule has 1 heterocycles. The summed E-state index contributed by atoms with van der Waals surface area (Å²) in [7, 11) is 0. The molecule has 96 valence electrons. The smallest absolute Gasteiger partial charge is 0.419 e. The van der Waals surface area contributed by atoms with Crippen LogP contribution in [0.25, 0.3) is 10.9 Å². The third-order valence-corrected chi connectivity index (χ3v) is 2.47. The molecule has 0 N–H and O–H groups in total. The van der Waals surface area contributed by atoms with E-state index in [-0.39, 0.29) is 5.52 Å². The maximum atomic E-state index is 13.9. The molecule has 0 amide bonds. The highest BCUT2D eigenvalue weighted by molar-refractivity contribution is 5.90. The zero-order valence-electron chi connectivity index (χ0n) is 11.0. The third kappa shape index (κ3) is 2.37. The second-order valence-corrected chi connectivity index (χ2v) is 5.35. The molecule has 1 aromatic carbocycles. The van der Waals surface area contributed by atoms with E-state index < -0.39 is 17.5 Å². The van der Waals surface area contributed by atoms with Crippen LogP contribution in [0.2, 0.25) is 0 Å². The van der Waals surface area contributed by atoms with Crippen molar-refractivity contribution in [1.29, 1.82) is 0 Å². The lowest BCUT2D eigenvalue weighted by atomic mass is 10.2. The molecule has 1 aromatic heterocycles. The van der Waals surface area contributed by atoms with Gasteiger partial charge in [0.05, 0.1) is 5.52 Å². The molecule has 0 spiro atoms. The second-order valence-electron chi connectivity index (χ2n) is 5.35. The molecule has 0 aliphatic rings. The molecule has 0 aliphatic carbocycles. The maximum absolute atomic E-state index is 13.9. The normalized spacial score (nSPS) is 11.8. The van der Waals surface area contributed by atoms with Crippen LogP contribution in [-0.2, 0) is 4.74 Å². The molecule has 0 saturated carbocycles. The van der Waals surface area contributed by atoms with E-state index in [1.54, 1.807) is 26.8 Å². The van der Waals surface area contributed by atoms with Crippen molar-refractivity contribution in [1.82, 2.24) is 4.57 Å². The number of benzene rings is 1. The van der Waals surface area contributed by atoms with E-state index in [9.17, 15) is 9.18 Å². The van der Waals surface area contributed by atoms with Crippen LogP contribution in [0.5, 0.6) is 0 Å². The van der Waals surface area contributed by atoms with Crippen LogP contribution in [0.3, 0.4) is 0 Å². The second kappa shape index (κ2) is 4.12. The van der Waals surface area contributed by atoms with Crippen molar-refractivity contribution >= 4 is 17.0 Å². The summed E-state index contributed by atoms with van der Waals surface area (Å²) in [6, 6.07) is 4.94. The van der Waals surface area contributed by atoms with Crippen molar-refractivity contribution in [3.63, 3.8) is 0 Å². The summed E-state index contributed by atoms with van der Waals surface area (Å²) >= 11 is 0. The Balaban J connectivity index is 2.50. The SMILES string of the molecule is Cc1cc(F)c2c(ccn2C(=O)OC(C)(C)C)c1. The highest BCUT2D eigenvalue weighted by Crippen LogP contribution is 2.22. The number of carbonyl (C=O) groups is 1. The molecule has 0 atom stereocenters. The zero-order chi connectivity index (χ0) is 13.5. The molecule has 4 heteroatoms. The van der Waals surface area contributed by atoms with Crippen molar-refractivity contribution in [2.45, 2.75) is 33.3 Å². The zero-order valence-corrected chi connectivity index (χ0v) is 11.0. The summed E-state index contributed by atoms with van der Waals surface area (Å²) in [5, 5.41) is 0.693. The first-order valence-electron chi connectivity index (χ1n) is 5.78. The largest absolute Gasteiger partial charge is 0.443 e. The average Bonchev–Trinajstić information content (AvgIpc) is 2.58. The standard InChI is InChI=1S/C14H16FNO2/c1-9-7-10-5-6-16(12(10)11(15)8-9)13(17)18-14(2,3)4/h5-8H,1-4H3. The Bertz CT molecular complexity index is 608. The van der Waals surface area contributed by atoms with E-state index in [1.165, 1.54) is 16.8 Å². The predicted octanol–water partition coefficient (Wildman–Crippen LogP) is 3.87. The van der Waals surface area contributed by atoms with Crippen LogP contribution in [-0.4, -0.2) is 16.3 Å². The van der Waals surface area contributed by atoms with Crippen LogP contribution < -0.4 is 0 Å². The van der Waals surface area contributed by atoms with E-state index in [0.717, 1.165) is 5.56 Å². The van der Waals surface area contributed by atoms with E-state index in [1.807, 2.05) is 13.0 Å². The Kier molecular flexibility index (Phi) is 2.89. The first kappa shape index (κ1) is 12.6. The van der Waals surface area contributed by atoms with Gasteiger partial charge in [0.1, 0.15) is 11.4 Å². The van der Waals surface area contributed by atoms with Gasteiger partial charge in [-0.25, -0.2) is 13.8 Å². The number of fused-ring (bicyclic) bond motifs is 1. The van der Waals surface area contributed by atoms with Gasteiger partial charge in [-0.3, -0.25) is 0 Å². The van der Waals surface area contributed by atoms with Gasteiger partial charge in [0, 0.05) is 11.6 Å². The minimum absolute atomic E-state index is 0.259. The van der Waals surface area contributed by atoms with Gasteiger partial charge >= 0.3 is 6.09 Å². The van der Waals surface area contributed by atoms with E-state index in [2.05, 4.69) is 0 Å². The predicted molar refractivity (Wildman–Crippen MR) is 68.3 cm³/mol. The Labute approximate surface area is 105 Å². The summed E-state index contributed by atoms with van der Waals surface area (Å²) < 4.78 is 20.3. The minimum atomic E-state index is -0.602. The van der Waals surface area contributed by atoms with Crippen molar-refractivity contribution in [3.8, 4) is 0 Å². The van der Waals surface area contributed by atoms with Gasteiger partial charge in [0.15, 0.2) is 0 Å². The first-order chi connectivity index (χ1) is 8.28. The molecule has 0 saturated heterocycles. The van der Waals surface area contributed by atoms with Gasteiger partial charge in [-0.1, -0.05) is 0 Å². The van der Waals surface area contributed by atoms with Crippen LogP contribution >= 0.6 is 0 Å². The number of aromatic nitrogens is 1. The molecule has 3 nitrogen and oxygen atoms in total. The van der Waals surface area contributed by atoms with E-state index in [4.69, 9.17) is 4.74 Å². The molecular weight excluding hydrogens is 233 g/mol. The first-order valence-corrected chi connectivity index (χ1v) is 5.78. The molecule has 0 unspecified atom stereocenters. The van der Waals surface area contributed by atoms with Gasteiger partial charge in [-0.2, -0.15) is 0 Å². The maximum Gasteiger partial charge on any atom is 0.419 e. The molecule has 2 aromatic rings. The minimum Gasteiger partial charge on any atom is -0.443 e. The van der Waals surface area contributed by atoms with Gasteiger partial charge in [-0.05, 0) is 51.5 Å². The van der Waals surface area contributed by atoms with Gasteiger partial charge in [0.2, 0.25) is 0 Å². The molecule has 0 bridgehead atoms. The van der Waals surface area contributed by atoms with E-state index in [0.29, 0.717) is 5.39 Å². The number of rotatable bonds is 0. The van der Waals surface area contributed by atoms with Gasteiger partial charge in [0.25, 0.3) is 0 Å². The Morgan fingerprint density at radius 2 is 2.00 bits per heavy atom. The molecule has 0 radical (unpaired) electrons. The number of halogens is 1. The Morgan fingerprint density at radius 1 is 1.33 bits per heavy atom. The fourth-order valence-electron chi connectivity index (χ4n) is 1.84. The highest BCUT2D eigenvalue weighted by Gasteiger charge is 2.20. The number of ether oxygens (including phenoxy) is 1. The molecular formula is C14H16FNO2. The molecule has 0 fully saturated rings. The lowest BCUT2D eigenvalue weighted by molar-refractivity contribution is 0.0543. The lowest BCUT2D eigenvalue weighted by Gasteiger charge is -2.19. The fourth-order valence-corrected chi connectivity index (χ4v) is 1.84. The van der Waals surface area contributed by atoms with E-state index >= 15 is 0 Å². The monoisotopic (exact) mass is 249 g/mol. The topological polar surface area (TPSA) is 31.2 Å². The lowest BCUT2D eigenvalue weighted by Crippen LogP contribution is -2.26. The van der Waals surface area contributed by atoms with Crippen LogP contribution in [0, 0.1) is 12.7 Å². The quantitative estimate of drug-likeness (QED) is 0.709. The Morgan fingerprint density at radius 3 is 2.61 bits per heavy atom. The molecule has 0 aliphatic heterocycles. The number of hydrogen-bond acceptors (Lipinski definition) is 2. The summed E-state index contributed by atoms with van der Waals surface area (Å²) in [6.45, 7) is 7.14. The number of nitrogens with zero attached hydrogens (tertiary/aromatic N) is 1. The number of hydrogen-bond donors (Lipinski definition) is 0. The van der Waals surface area contributed by atoms with Gasteiger partial charge in [-0.15, -0.1) is 0 Å². The third-order valence-electron chi connectivity index (χ3n) is 2.47. The Hall–Kier alpha value is -1.84. The average molecular weight is 249 g/mol. The fraction of sp³-hybridized carbons (Fsp3) is 0.357. The van der Waals surface area contributed by atoms with Crippen molar-refractivity contribution in [2.24, 2.45) is 0 Å². The van der Waals surface area contributed by atoms with Crippen LogP contribution in [0.4, 0.5) is 9.18 Å². The van der Waals surface area contributed by atoms with Crippen LogP contribution in [0.1, 0.15) is 26.3 Å². The van der Waals surface area contributed by atoms with Crippen molar-refractivity contribution in [3.05, 3.63) is 35.8 Å². The number of aryl methyl sites for hydroxylation is 1. The van der Waals surface area contributed by atoms with Gasteiger partial charge < -0.3 is 4.74 Å². The van der Waals surface area contributed by atoms with Crippen molar-refractivity contribution < 1.29 is 13.9 Å². The summed E-state index contributed by atoms with van der Waals surface area (Å²) in [4.78, 5) is 11.9. The molecule has 18 heavy (non-hydrogen) atoms. The highest BCUT2D eigenvalue weighted by atomic mass is 19.1.